The molecule has 0 unspecified atom stereocenters. The lowest BCUT2D eigenvalue weighted by Gasteiger charge is -1.94. The van der Waals surface area contributed by atoms with Gasteiger partial charge >= 0.3 is 0 Å². The molecule has 92 valence electrons. The molecule has 18 heavy (non-hydrogen) atoms. The van der Waals surface area contributed by atoms with Crippen molar-refractivity contribution in [2.24, 2.45) is 0 Å². The van der Waals surface area contributed by atoms with Gasteiger partial charge < -0.3 is 10.2 Å². The molecule has 3 aromatic rings. The molecule has 3 rings (SSSR count). The Morgan fingerprint density at radius 2 is 2.28 bits per heavy atom. The number of nitrogens with two attached hydrogens (primary N) is 1. The van der Waals surface area contributed by atoms with E-state index in [0.29, 0.717) is 29.2 Å². The molecule has 2 heterocycles. The van der Waals surface area contributed by atoms with E-state index in [4.69, 9.17) is 21.8 Å². The van der Waals surface area contributed by atoms with E-state index in [1.54, 1.807) is 10.9 Å². The lowest BCUT2D eigenvalue weighted by atomic mass is 10.3. The van der Waals surface area contributed by atoms with Gasteiger partial charge in [0, 0.05) is 12.3 Å². The van der Waals surface area contributed by atoms with Crippen LogP contribution in [-0.4, -0.2) is 14.8 Å². The third-order valence-corrected chi connectivity index (χ3v) is 2.71. The van der Waals surface area contributed by atoms with Crippen LogP contribution in [0.5, 0.6) is 0 Å². The van der Waals surface area contributed by atoms with Crippen molar-refractivity contribution in [3.63, 3.8) is 0 Å². The predicted octanol–water partition coefficient (Wildman–Crippen LogP) is 2.45. The van der Waals surface area contributed by atoms with Crippen molar-refractivity contribution in [1.82, 2.24) is 14.8 Å². The first-order chi connectivity index (χ1) is 8.61. The standard InChI is InChI=1S/C11H8ClFN4O/c12-7-1-9-10(2-8(7)13)18-11(16-9)5-17-4-6(14)3-15-17/h1-4H,5,14H2. The van der Waals surface area contributed by atoms with Gasteiger partial charge in [-0.05, 0) is 6.07 Å². The summed E-state index contributed by atoms with van der Waals surface area (Å²) in [6.07, 6.45) is 3.18. The van der Waals surface area contributed by atoms with Crippen LogP contribution >= 0.6 is 11.6 Å². The number of rotatable bonds is 2. The Morgan fingerprint density at radius 3 is 3.00 bits per heavy atom. The minimum atomic E-state index is -0.532. The summed E-state index contributed by atoms with van der Waals surface area (Å²) >= 11 is 5.67. The van der Waals surface area contributed by atoms with Crippen LogP contribution < -0.4 is 5.73 Å². The van der Waals surface area contributed by atoms with E-state index in [1.807, 2.05) is 0 Å². The van der Waals surface area contributed by atoms with Crippen LogP contribution in [0.2, 0.25) is 5.02 Å². The van der Waals surface area contributed by atoms with Crippen LogP contribution in [0.25, 0.3) is 11.1 Å². The molecule has 0 spiro atoms. The average Bonchev–Trinajstić information content (AvgIpc) is 2.86. The Balaban J connectivity index is 1.98. The maximum Gasteiger partial charge on any atom is 0.217 e. The molecule has 1 aromatic carbocycles. The fourth-order valence-electron chi connectivity index (χ4n) is 1.64. The van der Waals surface area contributed by atoms with Gasteiger partial charge in [-0.1, -0.05) is 11.6 Å². The molecule has 7 heteroatoms. The molecule has 0 radical (unpaired) electrons. The van der Waals surface area contributed by atoms with Crippen molar-refractivity contribution in [3.8, 4) is 0 Å². The topological polar surface area (TPSA) is 69.9 Å². The highest BCUT2D eigenvalue weighted by Crippen LogP contribution is 2.23. The SMILES string of the molecule is Nc1cnn(Cc2nc3cc(Cl)c(F)cc3o2)c1. The summed E-state index contributed by atoms with van der Waals surface area (Å²) in [5.41, 5.74) is 6.97. The molecular weight excluding hydrogens is 259 g/mol. The summed E-state index contributed by atoms with van der Waals surface area (Å²) in [5, 5.41) is 4.03. The van der Waals surface area contributed by atoms with Crippen LogP contribution in [0, 0.1) is 5.82 Å². The summed E-state index contributed by atoms with van der Waals surface area (Å²) < 4.78 is 20.2. The number of oxazole rings is 1. The monoisotopic (exact) mass is 266 g/mol. The van der Waals surface area contributed by atoms with Crippen LogP contribution in [-0.2, 0) is 6.54 Å². The molecule has 0 saturated carbocycles. The van der Waals surface area contributed by atoms with Gasteiger partial charge in [-0.3, -0.25) is 4.68 Å². The Labute approximate surface area is 106 Å². The van der Waals surface area contributed by atoms with Gasteiger partial charge in [-0.15, -0.1) is 0 Å². The van der Waals surface area contributed by atoms with Gasteiger partial charge in [0.2, 0.25) is 5.89 Å². The number of nitrogen functional groups attached to an aromatic ring is 1. The molecule has 0 amide bonds. The first-order valence-corrected chi connectivity index (χ1v) is 5.52. The van der Waals surface area contributed by atoms with E-state index >= 15 is 0 Å². The van der Waals surface area contributed by atoms with Crippen LogP contribution in [0.1, 0.15) is 5.89 Å². The van der Waals surface area contributed by atoms with Crippen molar-refractivity contribution >= 4 is 28.4 Å². The average molecular weight is 267 g/mol. The number of fused-ring (bicyclic) bond motifs is 1. The number of anilines is 1. The molecule has 2 aromatic heterocycles. The number of hydrogen-bond donors (Lipinski definition) is 1. The zero-order valence-corrected chi connectivity index (χ0v) is 9.86. The molecule has 0 bridgehead atoms. The lowest BCUT2D eigenvalue weighted by molar-refractivity contribution is 0.490. The molecule has 2 N–H and O–H groups in total. The van der Waals surface area contributed by atoms with E-state index in [1.165, 1.54) is 18.3 Å². The maximum absolute atomic E-state index is 13.2. The van der Waals surface area contributed by atoms with E-state index < -0.39 is 5.82 Å². The normalized spacial score (nSPS) is 11.2. The largest absolute Gasteiger partial charge is 0.439 e. The second-order valence-electron chi connectivity index (χ2n) is 3.81. The van der Waals surface area contributed by atoms with E-state index in [2.05, 4.69) is 10.1 Å². The van der Waals surface area contributed by atoms with E-state index in [0.717, 1.165) is 0 Å². The highest BCUT2D eigenvalue weighted by molar-refractivity contribution is 6.31. The smallest absolute Gasteiger partial charge is 0.217 e. The summed E-state index contributed by atoms with van der Waals surface area (Å²) in [7, 11) is 0. The second kappa shape index (κ2) is 3.99. The fraction of sp³-hybridized carbons (Fsp3) is 0.0909. The van der Waals surface area contributed by atoms with Gasteiger partial charge in [-0.25, -0.2) is 9.37 Å². The van der Waals surface area contributed by atoms with Gasteiger partial charge in [-0.2, -0.15) is 5.10 Å². The van der Waals surface area contributed by atoms with Crippen LogP contribution in [0.15, 0.2) is 28.9 Å². The molecule has 0 aliphatic rings. The summed E-state index contributed by atoms with van der Waals surface area (Å²) in [6.45, 7) is 0.325. The van der Waals surface area contributed by atoms with Crippen LogP contribution in [0.4, 0.5) is 10.1 Å². The Morgan fingerprint density at radius 1 is 1.44 bits per heavy atom. The van der Waals surface area contributed by atoms with Crippen molar-refractivity contribution in [1.29, 1.82) is 0 Å². The van der Waals surface area contributed by atoms with Gasteiger partial charge in [0.1, 0.15) is 17.9 Å². The van der Waals surface area contributed by atoms with E-state index in [-0.39, 0.29) is 5.02 Å². The summed E-state index contributed by atoms with van der Waals surface area (Å²) in [6, 6.07) is 2.64. The zero-order chi connectivity index (χ0) is 12.7. The summed E-state index contributed by atoms with van der Waals surface area (Å²) in [5.74, 6) is -0.120. The molecular formula is C11H8ClFN4O. The Kier molecular flexibility index (Phi) is 2.45. The lowest BCUT2D eigenvalue weighted by Crippen LogP contribution is -1.99. The molecule has 5 nitrogen and oxygen atoms in total. The van der Waals surface area contributed by atoms with Gasteiger partial charge in [0.15, 0.2) is 5.58 Å². The van der Waals surface area contributed by atoms with E-state index in [9.17, 15) is 4.39 Å². The Hall–Kier alpha value is -2.08. The van der Waals surface area contributed by atoms with Crippen molar-refractivity contribution in [3.05, 3.63) is 41.3 Å². The molecule has 0 atom stereocenters. The number of halogens is 2. The highest BCUT2D eigenvalue weighted by Gasteiger charge is 2.10. The third-order valence-electron chi connectivity index (χ3n) is 2.43. The van der Waals surface area contributed by atoms with Gasteiger partial charge in [0.05, 0.1) is 16.9 Å². The molecule has 0 aliphatic heterocycles. The van der Waals surface area contributed by atoms with Crippen molar-refractivity contribution < 1.29 is 8.81 Å². The minimum absolute atomic E-state index is 0.0192. The highest BCUT2D eigenvalue weighted by atomic mass is 35.5. The number of nitrogens with zero attached hydrogens (tertiary/aromatic N) is 3. The van der Waals surface area contributed by atoms with Gasteiger partial charge in [0.25, 0.3) is 0 Å². The first kappa shape index (κ1) is 11.0. The third kappa shape index (κ3) is 1.91. The quantitative estimate of drug-likeness (QED) is 0.773. The zero-order valence-electron chi connectivity index (χ0n) is 9.10. The second-order valence-corrected chi connectivity index (χ2v) is 4.22. The molecule has 0 fully saturated rings. The first-order valence-electron chi connectivity index (χ1n) is 5.14. The fourth-order valence-corrected chi connectivity index (χ4v) is 1.80. The number of hydrogen-bond acceptors (Lipinski definition) is 4. The minimum Gasteiger partial charge on any atom is -0.439 e. The van der Waals surface area contributed by atoms with Crippen LogP contribution in [0.3, 0.4) is 0 Å². The number of aromatic nitrogens is 3. The maximum atomic E-state index is 13.2. The molecule has 0 aliphatic carbocycles. The van der Waals surface area contributed by atoms with Crippen molar-refractivity contribution in [2.75, 3.05) is 5.73 Å². The predicted molar refractivity (Wildman–Crippen MR) is 64.7 cm³/mol. The molecule has 0 saturated heterocycles. The Bertz CT molecular complexity index is 682. The number of benzene rings is 1. The van der Waals surface area contributed by atoms with Crippen molar-refractivity contribution in [2.45, 2.75) is 6.54 Å². The summed E-state index contributed by atoms with van der Waals surface area (Å²) in [4.78, 5) is 4.20.